The molecule has 150 valence electrons. The Bertz CT molecular complexity index is 663. The summed E-state index contributed by atoms with van der Waals surface area (Å²) in [6.45, 7) is 10.4. The van der Waals surface area contributed by atoms with Gasteiger partial charge in [-0.05, 0) is 44.4 Å². The number of nitrogens with one attached hydrogen (secondary N) is 1. The van der Waals surface area contributed by atoms with E-state index in [9.17, 15) is 14.7 Å². The lowest BCUT2D eigenvalue weighted by atomic mass is 10.00. The number of aryl methyl sites for hydroxylation is 1. The Morgan fingerprint density at radius 1 is 1.30 bits per heavy atom. The molecule has 1 saturated heterocycles. The summed E-state index contributed by atoms with van der Waals surface area (Å²) in [5.74, 6) is -1.09. The number of alkyl carbamates (subject to hydrolysis) is 1. The maximum absolute atomic E-state index is 11.9. The lowest BCUT2D eigenvalue weighted by Gasteiger charge is -2.31. The number of carboxylic acid groups (broad SMARTS) is 1. The fourth-order valence-corrected chi connectivity index (χ4v) is 3.05. The molecule has 0 saturated carbocycles. The zero-order valence-electron chi connectivity index (χ0n) is 16.6. The fourth-order valence-electron chi connectivity index (χ4n) is 3.05. The van der Waals surface area contributed by atoms with Gasteiger partial charge in [-0.15, -0.1) is 0 Å². The van der Waals surface area contributed by atoms with E-state index in [1.165, 1.54) is 0 Å². The Kier molecular flexibility index (Phi) is 7.07. The predicted octanol–water partition coefficient (Wildman–Crippen LogP) is 2.61. The number of carboxylic acids is 1. The molecule has 2 rings (SSSR count). The SMILES string of the molecule is CCc1cc(CC(NC(=O)OC(C)(C)C)C(=O)O)ccc1N1CCOCC1. The van der Waals surface area contributed by atoms with Crippen molar-refractivity contribution >= 4 is 17.7 Å². The van der Waals surface area contributed by atoms with E-state index in [4.69, 9.17) is 9.47 Å². The molecule has 1 amide bonds. The molecular formula is C20H30N2O5. The molecule has 0 bridgehead atoms. The number of aliphatic carboxylic acids is 1. The molecule has 0 aromatic heterocycles. The first-order valence-corrected chi connectivity index (χ1v) is 9.36. The first kappa shape index (κ1) is 21.0. The number of hydrogen-bond donors (Lipinski definition) is 2. The maximum Gasteiger partial charge on any atom is 0.408 e. The molecule has 1 aromatic carbocycles. The average Bonchev–Trinajstić information content (AvgIpc) is 2.60. The molecule has 0 aliphatic carbocycles. The van der Waals surface area contributed by atoms with Crippen molar-refractivity contribution in [2.45, 2.75) is 52.2 Å². The van der Waals surface area contributed by atoms with Gasteiger partial charge in [-0.2, -0.15) is 0 Å². The quantitative estimate of drug-likeness (QED) is 0.791. The van der Waals surface area contributed by atoms with E-state index in [1.807, 2.05) is 18.2 Å². The van der Waals surface area contributed by atoms with Crippen molar-refractivity contribution in [2.75, 3.05) is 31.2 Å². The number of carbonyl (C=O) groups is 2. The van der Waals surface area contributed by atoms with Crippen molar-refractivity contribution in [1.29, 1.82) is 0 Å². The van der Waals surface area contributed by atoms with Crippen LogP contribution in [0.1, 0.15) is 38.8 Å². The smallest absolute Gasteiger partial charge is 0.408 e. The van der Waals surface area contributed by atoms with Crippen LogP contribution in [0.5, 0.6) is 0 Å². The number of ether oxygens (including phenoxy) is 2. The van der Waals surface area contributed by atoms with Gasteiger partial charge in [-0.3, -0.25) is 0 Å². The fraction of sp³-hybridized carbons (Fsp3) is 0.600. The highest BCUT2D eigenvalue weighted by atomic mass is 16.6. The van der Waals surface area contributed by atoms with Crippen LogP contribution < -0.4 is 10.2 Å². The molecule has 7 heteroatoms. The van der Waals surface area contributed by atoms with Gasteiger partial charge in [-0.1, -0.05) is 19.1 Å². The second-order valence-electron chi connectivity index (χ2n) is 7.66. The van der Waals surface area contributed by atoms with Crippen LogP contribution >= 0.6 is 0 Å². The third-order valence-electron chi connectivity index (χ3n) is 4.31. The van der Waals surface area contributed by atoms with Crippen LogP contribution in [0.15, 0.2) is 18.2 Å². The Labute approximate surface area is 160 Å². The van der Waals surface area contributed by atoms with E-state index in [2.05, 4.69) is 17.1 Å². The minimum atomic E-state index is -1.09. The molecule has 1 fully saturated rings. The molecule has 1 unspecified atom stereocenters. The van der Waals surface area contributed by atoms with Gasteiger partial charge in [-0.25, -0.2) is 9.59 Å². The van der Waals surface area contributed by atoms with Crippen molar-refractivity contribution in [1.82, 2.24) is 5.32 Å². The molecule has 27 heavy (non-hydrogen) atoms. The normalized spacial score (nSPS) is 15.9. The number of carbonyl (C=O) groups excluding carboxylic acids is 1. The van der Waals surface area contributed by atoms with Crippen molar-refractivity contribution in [3.05, 3.63) is 29.3 Å². The highest BCUT2D eigenvalue weighted by Crippen LogP contribution is 2.24. The standard InChI is InChI=1S/C20H30N2O5/c1-5-15-12-14(6-7-17(15)22-8-10-26-11-9-22)13-16(18(23)24)21-19(25)27-20(2,3)4/h6-7,12,16H,5,8-11,13H2,1-4H3,(H,21,25)(H,23,24). The Hall–Kier alpha value is -2.28. The Morgan fingerprint density at radius 2 is 1.96 bits per heavy atom. The predicted molar refractivity (Wildman–Crippen MR) is 103 cm³/mol. The van der Waals surface area contributed by atoms with Crippen molar-refractivity contribution in [3.63, 3.8) is 0 Å². The third kappa shape index (κ3) is 6.43. The number of nitrogens with zero attached hydrogens (tertiary/aromatic N) is 1. The van der Waals surface area contributed by atoms with Crippen molar-refractivity contribution < 1.29 is 24.2 Å². The highest BCUT2D eigenvalue weighted by Gasteiger charge is 2.24. The van der Waals surface area contributed by atoms with E-state index in [0.717, 1.165) is 36.3 Å². The average molecular weight is 378 g/mol. The maximum atomic E-state index is 11.9. The van der Waals surface area contributed by atoms with Crippen LogP contribution in [0.2, 0.25) is 0 Å². The summed E-state index contributed by atoms with van der Waals surface area (Å²) in [5, 5.41) is 11.9. The molecule has 0 spiro atoms. The summed E-state index contributed by atoms with van der Waals surface area (Å²) < 4.78 is 10.6. The topological polar surface area (TPSA) is 88.1 Å². The first-order chi connectivity index (χ1) is 12.7. The molecule has 0 radical (unpaired) electrons. The molecule has 2 N–H and O–H groups in total. The summed E-state index contributed by atoms with van der Waals surface area (Å²) in [6, 6.07) is 4.94. The van der Waals surface area contributed by atoms with Gasteiger partial charge >= 0.3 is 12.1 Å². The van der Waals surface area contributed by atoms with Crippen molar-refractivity contribution in [2.24, 2.45) is 0 Å². The zero-order valence-corrected chi connectivity index (χ0v) is 16.6. The summed E-state index contributed by atoms with van der Waals surface area (Å²) in [7, 11) is 0. The second kappa shape index (κ2) is 9.08. The van der Waals surface area contributed by atoms with E-state index >= 15 is 0 Å². The first-order valence-electron chi connectivity index (χ1n) is 9.36. The number of benzene rings is 1. The van der Waals surface area contributed by atoms with Crippen LogP contribution in [0.4, 0.5) is 10.5 Å². The summed E-state index contributed by atoms with van der Waals surface area (Å²) in [5.41, 5.74) is 2.52. The number of rotatable bonds is 6. The third-order valence-corrected chi connectivity index (χ3v) is 4.31. The van der Waals surface area contributed by atoms with Crippen LogP contribution in [0.25, 0.3) is 0 Å². The van der Waals surface area contributed by atoms with Gasteiger partial charge in [0.25, 0.3) is 0 Å². The van der Waals surface area contributed by atoms with Gasteiger partial charge in [0.1, 0.15) is 11.6 Å². The van der Waals surface area contributed by atoms with E-state index < -0.39 is 23.7 Å². The molecule has 1 aliphatic heterocycles. The largest absolute Gasteiger partial charge is 0.480 e. The summed E-state index contributed by atoms with van der Waals surface area (Å²) >= 11 is 0. The van der Waals surface area contributed by atoms with Gasteiger partial charge in [0, 0.05) is 25.2 Å². The van der Waals surface area contributed by atoms with Crippen molar-refractivity contribution in [3.8, 4) is 0 Å². The Morgan fingerprint density at radius 3 is 2.52 bits per heavy atom. The molecule has 1 aliphatic rings. The monoisotopic (exact) mass is 378 g/mol. The molecule has 1 heterocycles. The van der Waals surface area contributed by atoms with E-state index in [0.29, 0.717) is 13.2 Å². The minimum Gasteiger partial charge on any atom is -0.480 e. The lowest BCUT2D eigenvalue weighted by molar-refractivity contribution is -0.139. The zero-order chi connectivity index (χ0) is 20.0. The van der Waals surface area contributed by atoms with Gasteiger partial charge in [0.2, 0.25) is 0 Å². The minimum absolute atomic E-state index is 0.199. The Balaban J connectivity index is 2.11. The van der Waals surface area contributed by atoms with Gasteiger partial charge in [0.05, 0.1) is 13.2 Å². The number of hydrogen-bond acceptors (Lipinski definition) is 5. The molecule has 1 atom stereocenters. The van der Waals surface area contributed by atoms with Crippen LogP contribution in [-0.4, -0.2) is 55.1 Å². The highest BCUT2D eigenvalue weighted by molar-refractivity contribution is 5.80. The second-order valence-corrected chi connectivity index (χ2v) is 7.66. The van der Waals surface area contributed by atoms with Gasteiger partial charge < -0.3 is 24.8 Å². The summed E-state index contributed by atoms with van der Waals surface area (Å²) in [6.07, 6.45) is 0.318. The number of amides is 1. The van der Waals surface area contributed by atoms with E-state index in [1.54, 1.807) is 20.8 Å². The van der Waals surface area contributed by atoms with Crippen LogP contribution in [0.3, 0.4) is 0 Å². The summed E-state index contributed by atoms with van der Waals surface area (Å²) in [4.78, 5) is 25.8. The molecule has 1 aromatic rings. The lowest BCUT2D eigenvalue weighted by Crippen LogP contribution is -2.44. The van der Waals surface area contributed by atoms with Crippen LogP contribution in [-0.2, 0) is 27.1 Å². The van der Waals surface area contributed by atoms with Crippen LogP contribution in [0, 0.1) is 0 Å². The number of anilines is 1. The van der Waals surface area contributed by atoms with E-state index in [-0.39, 0.29) is 6.42 Å². The van der Waals surface area contributed by atoms with Gasteiger partial charge in [0.15, 0.2) is 0 Å². The number of morpholine rings is 1. The molecular weight excluding hydrogens is 348 g/mol. The molecule has 7 nitrogen and oxygen atoms in total.